The molecule has 0 saturated carbocycles. The molecule has 7 heteroatoms. The normalized spacial score (nSPS) is 14.9. The third kappa shape index (κ3) is 4.34. The molecule has 0 saturated heterocycles. The van der Waals surface area contributed by atoms with Gasteiger partial charge in [-0.3, -0.25) is 9.78 Å². The zero-order chi connectivity index (χ0) is 17.9. The number of ether oxygens (including phenoxy) is 2. The highest BCUT2D eigenvalue weighted by Gasteiger charge is 2.27. The van der Waals surface area contributed by atoms with Gasteiger partial charge in [0.1, 0.15) is 0 Å². The first kappa shape index (κ1) is 19.5. The van der Waals surface area contributed by atoms with E-state index in [4.69, 9.17) is 9.47 Å². The summed E-state index contributed by atoms with van der Waals surface area (Å²) in [6, 6.07) is 7.83. The number of rotatable bonds is 6. The van der Waals surface area contributed by atoms with Crippen LogP contribution in [0.5, 0.6) is 11.5 Å². The summed E-state index contributed by atoms with van der Waals surface area (Å²) in [6.45, 7) is 3.57. The molecule has 0 spiro atoms. The summed E-state index contributed by atoms with van der Waals surface area (Å²) in [7, 11) is 2.10. The van der Waals surface area contributed by atoms with Crippen molar-refractivity contribution in [3.8, 4) is 11.5 Å². The highest BCUT2D eigenvalue weighted by atomic mass is 35.5. The maximum atomic E-state index is 12.8. The Kier molecular flexibility index (Phi) is 6.19. The standard InChI is InChI=1S/C20H23N3O3.ClH/c1-22(13-15-4-2-6-21-12-15)7-3-8-23-9-5-16-10-18-19(26-14-25-18)11-17(16)20(23)24;/h2,4,6,10-12H,3,5,7-9,13-14H2,1H3;1H. The van der Waals surface area contributed by atoms with E-state index in [1.165, 1.54) is 5.56 Å². The molecule has 2 aliphatic rings. The first-order chi connectivity index (χ1) is 12.7. The molecule has 1 amide bonds. The molecule has 2 aromatic rings. The van der Waals surface area contributed by atoms with Crippen LogP contribution in [0, 0.1) is 0 Å². The van der Waals surface area contributed by atoms with Gasteiger partial charge in [0.05, 0.1) is 0 Å². The van der Waals surface area contributed by atoms with E-state index >= 15 is 0 Å². The van der Waals surface area contributed by atoms with E-state index in [9.17, 15) is 4.79 Å². The number of fused-ring (bicyclic) bond motifs is 2. The second kappa shape index (κ2) is 8.59. The van der Waals surface area contributed by atoms with Crippen molar-refractivity contribution < 1.29 is 14.3 Å². The van der Waals surface area contributed by atoms with Crippen molar-refractivity contribution in [2.24, 2.45) is 0 Å². The lowest BCUT2D eigenvalue weighted by Gasteiger charge is -2.29. The molecule has 3 heterocycles. The average Bonchev–Trinajstić information content (AvgIpc) is 3.10. The molecule has 1 aromatic heterocycles. The summed E-state index contributed by atoms with van der Waals surface area (Å²) in [5, 5.41) is 0. The molecule has 144 valence electrons. The molecular weight excluding hydrogens is 366 g/mol. The molecule has 4 rings (SSSR count). The van der Waals surface area contributed by atoms with E-state index < -0.39 is 0 Å². The van der Waals surface area contributed by atoms with Gasteiger partial charge in [-0.1, -0.05) is 6.07 Å². The van der Waals surface area contributed by atoms with Crippen LogP contribution < -0.4 is 9.47 Å². The van der Waals surface area contributed by atoms with Crippen molar-refractivity contribution in [2.75, 3.05) is 33.5 Å². The molecule has 6 nitrogen and oxygen atoms in total. The second-order valence-corrected chi connectivity index (χ2v) is 6.86. The minimum absolute atomic E-state index is 0. The van der Waals surface area contributed by atoms with Crippen LogP contribution in [0.25, 0.3) is 0 Å². The van der Waals surface area contributed by atoms with E-state index in [1.807, 2.05) is 29.3 Å². The van der Waals surface area contributed by atoms with Crippen LogP contribution in [0.15, 0.2) is 36.7 Å². The maximum absolute atomic E-state index is 12.8. The maximum Gasteiger partial charge on any atom is 0.254 e. The molecular formula is C20H24ClN3O3. The lowest BCUT2D eigenvalue weighted by atomic mass is 9.98. The first-order valence-electron chi connectivity index (χ1n) is 9.00. The highest BCUT2D eigenvalue weighted by molar-refractivity contribution is 5.97. The third-order valence-corrected chi connectivity index (χ3v) is 4.91. The van der Waals surface area contributed by atoms with E-state index in [0.717, 1.165) is 55.9 Å². The summed E-state index contributed by atoms with van der Waals surface area (Å²) in [4.78, 5) is 21.1. The van der Waals surface area contributed by atoms with Gasteiger partial charge in [-0.2, -0.15) is 0 Å². The number of hydrogen-bond donors (Lipinski definition) is 0. The summed E-state index contributed by atoms with van der Waals surface area (Å²) in [5.41, 5.74) is 3.02. The van der Waals surface area contributed by atoms with Crippen molar-refractivity contribution in [3.05, 3.63) is 53.3 Å². The number of carbonyl (C=O) groups excluding carboxylic acids is 1. The van der Waals surface area contributed by atoms with Crippen LogP contribution in [0.1, 0.15) is 27.9 Å². The Hall–Kier alpha value is -2.31. The Morgan fingerprint density at radius 1 is 1.26 bits per heavy atom. The molecule has 1 aromatic carbocycles. The van der Waals surface area contributed by atoms with Gasteiger partial charge in [-0.25, -0.2) is 0 Å². The van der Waals surface area contributed by atoms with E-state index in [1.54, 1.807) is 6.20 Å². The van der Waals surface area contributed by atoms with Gasteiger partial charge < -0.3 is 19.3 Å². The van der Waals surface area contributed by atoms with Crippen molar-refractivity contribution in [1.82, 2.24) is 14.8 Å². The van der Waals surface area contributed by atoms with Gasteiger partial charge in [0, 0.05) is 37.6 Å². The SMILES string of the molecule is CN(CCCN1CCc2cc3c(cc2C1=O)OCO3)Cc1cccnc1.Cl. The number of benzene rings is 1. The molecule has 0 atom stereocenters. The van der Waals surface area contributed by atoms with Crippen LogP contribution >= 0.6 is 12.4 Å². The minimum Gasteiger partial charge on any atom is -0.454 e. The number of hydrogen-bond acceptors (Lipinski definition) is 5. The Labute approximate surface area is 165 Å². The average molecular weight is 390 g/mol. The van der Waals surface area contributed by atoms with Crippen LogP contribution in [0.3, 0.4) is 0 Å². The van der Waals surface area contributed by atoms with Gasteiger partial charge in [0.25, 0.3) is 5.91 Å². The number of carbonyl (C=O) groups is 1. The summed E-state index contributed by atoms with van der Waals surface area (Å²) >= 11 is 0. The fraction of sp³-hybridized carbons (Fsp3) is 0.400. The second-order valence-electron chi connectivity index (χ2n) is 6.86. The van der Waals surface area contributed by atoms with Crippen molar-refractivity contribution in [1.29, 1.82) is 0 Å². The fourth-order valence-corrected chi connectivity index (χ4v) is 3.54. The molecule has 2 aliphatic heterocycles. The fourth-order valence-electron chi connectivity index (χ4n) is 3.54. The highest BCUT2D eigenvalue weighted by Crippen LogP contribution is 2.36. The number of amides is 1. The zero-order valence-corrected chi connectivity index (χ0v) is 16.2. The molecule has 0 N–H and O–H groups in total. The van der Waals surface area contributed by atoms with Crippen LogP contribution in [-0.4, -0.2) is 54.2 Å². The predicted molar refractivity (Wildman–Crippen MR) is 105 cm³/mol. The van der Waals surface area contributed by atoms with Crippen molar-refractivity contribution in [2.45, 2.75) is 19.4 Å². The Bertz CT molecular complexity index is 801. The van der Waals surface area contributed by atoms with Crippen LogP contribution in [-0.2, 0) is 13.0 Å². The number of nitrogens with zero attached hydrogens (tertiary/aromatic N) is 3. The van der Waals surface area contributed by atoms with Crippen molar-refractivity contribution in [3.63, 3.8) is 0 Å². The summed E-state index contributed by atoms with van der Waals surface area (Å²) in [6.07, 6.45) is 5.49. The molecule has 27 heavy (non-hydrogen) atoms. The molecule has 0 aliphatic carbocycles. The van der Waals surface area contributed by atoms with Gasteiger partial charge >= 0.3 is 0 Å². The Morgan fingerprint density at radius 2 is 2.07 bits per heavy atom. The molecule has 0 unspecified atom stereocenters. The first-order valence-corrected chi connectivity index (χ1v) is 9.00. The number of pyridine rings is 1. The van der Waals surface area contributed by atoms with Crippen LogP contribution in [0.2, 0.25) is 0 Å². The summed E-state index contributed by atoms with van der Waals surface area (Å²) in [5.74, 6) is 1.52. The van der Waals surface area contributed by atoms with Gasteiger partial charge in [0.15, 0.2) is 11.5 Å². The minimum atomic E-state index is 0. The lowest BCUT2D eigenvalue weighted by molar-refractivity contribution is 0.0732. The summed E-state index contributed by atoms with van der Waals surface area (Å²) < 4.78 is 10.8. The van der Waals surface area contributed by atoms with Crippen LogP contribution in [0.4, 0.5) is 0 Å². The van der Waals surface area contributed by atoms with Gasteiger partial charge in [-0.15, -0.1) is 12.4 Å². The predicted octanol–water partition coefficient (Wildman–Crippen LogP) is 2.75. The Morgan fingerprint density at radius 3 is 2.85 bits per heavy atom. The quantitative estimate of drug-likeness (QED) is 0.760. The van der Waals surface area contributed by atoms with E-state index in [-0.39, 0.29) is 25.1 Å². The van der Waals surface area contributed by atoms with E-state index in [2.05, 4.69) is 23.0 Å². The molecule has 0 bridgehead atoms. The number of halogens is 1. The topological polar surface area (TPSA) is 54.9 Å². The smallest absolute Gasteiger partial charge is 0.254 e. The molecule has 0 radical (unpaired) electrons. The van der Waals surface area contributed by atoms with Gasteiger partial charge in [-0.05, 0) is 55.8 Å². The number of aromatic nitrogens is 1. The monoisotopic (exact) mass is 389 g/mol. The lowest BCUT2D eigenvalue weighted by Crippen LogP contribution is -2.39. The largest absolute Gasteiger partial charge is 0.454 e. The van der Waals surface area contributed by atoms with Gasteiger partial charge in [0.2, 0.25) is 6.79 Å². The zero-order valence-electron chi connectivity index (χ0n) is 15.4. The Balaban J connectivity index is 0.00000210. The molecule has 0 fully saturated rings. The third-order valence-electron chi connectivity index (χ3n) is 4.91. The van der Waals surface area contributed by atoms with Crippen molar-refractivity contribution >= 4 is 18.3 Å². The van der Waals surface area contributed by atoms with E-state index in [0.29, 0.717) is 5.75 Å².